The molecular formula is C26H22FN3O2. The molecule has 6 heteroatoms. The summed E-state index contributed by atoms with van der Waals surface area (Å²) < 4.78 is 18.7. The number of carbonyl (C=O) groups is 1. The quantitative estimate of drug-likeness (QED) is 0.428. The molecule has 5 rings (SSSR count). The molecule has 32 heavy (non-hydrogen) atoms. The van der Waals surface area contributed by atoms with Crippen LogP contribution in [0.1, 0.15) is 35.0 Å². The Kier molecular flexibility index (Phi) is 5.50. The number of likely N-dealkylation sites (tertiary alicyclic amines) is 1. The van der Waals surface area contributed by atoms with E-state index in [1.54, 1.807) is 12.1 Å². The third-order valence-electron chi connectivity index (χ3n) is 5.84. The van der Waals surface area contributed by atoms with Crippen molar-refractivity contribution in [1.29, 1.82) is 0 Å². The van der Waals surface area contributed by atoms with Gasteiger partial charge < -0.3 is 9.42 Å². The topological polar surface area (TPSA) is 59.2 Å². The van der Waals surface area contributed by atoms with Crippen LogP contribution >= 0.6 is 0 Å². The van der Waals surface area contributed by atoms with Crippen molar-refractivity contribution in [3.05, 3.63) is 96.1 Å². The maximum absolute atomic E-state index is 13.2. The number of benzene rings is 3. The summed E-state index contributed by atoms with van der Waals surface area (Å²) in [5.74, 6) is 0.627. The van der Waals surface area contributed by atoms with Crippen LogP contribution in [0.4, 0.5) is 4.39 Å². The van der Waals surface area contributed by atoms with Crippen LogP contribution in [0, 0.1) is 5.82 Å². The molecule has 0 radical (unpaired) electrons. The minimum absolute atomic E-state index is 0.00702. The Hall–Kier alpha value is -3.80. The van der Waals surface area contributed by atoms with E-state index in [1.807, 2.05) is 47.4 Å². The van der Waals surface area contributed by atoms with Gasteiger partial charge in [0.1, 0.15) is 5.82 Å². The van der Waals surface area contributed by atoms with Gasteiger partial charge in [0.25, 0.3) is 5.91 Å². The van der Waals surface area contributed by atoms with Crippen LogP contribution in [0.2, 0.25) is 0 Å². The number of hydrogen-bond acceptors (Lipinski definition) is 4. The highest BCUT2D eigenvalue weighted by molar-refractivity contribution is 5.94. The summed E-state index contributed by atoms with van der Waals surface area (Å²) in [4.78, 5) is 19.5. The summed E-state index contributed by atoms with van der Waals surface area (Å²) in [7, 11) is 0. The van der Waals surface area contributed by atoms with Crippen molar-refractivity contribution in [2.24, 2.45) is 0 Å². The number of hydrogen-bond donors (Lipinski definition) is 0. The lowest BCUT2D eigenvalue weighted by Gasteiger charge is -2.31. The number of rotatable bonds is 4. The van der Waals surface area contributed by atoms with Gasteiger partial charge in [-0.1, -0.05) is 47.6 Å². The van der Waals surface area contributed by atoms with Gasteiger partial charge in [0, 0.05) is 24.2 Å². The van der Waals surface area contributed by atoms with Gasteiger partial charge >= 0.3 is 0 Å². The molecule has 1 aromatic heterocycles. The van der Waals surface area contributed by atoms with Crippen molar-refractivity contribution in [2.75, 3.05) is 13.1 Å². The fraction of sp³-hybridized carbons (Fsp3) is 0.192. The smallest absolute Gasteiger partial charge is 0.253 e. The molecule has 0 spiro atoms. The lowest BCUT2D eigenvalue weighted by molar-refractivity contribution is 0.0695. The SMILES string of the molecule is O=C(c1ccc(-c2ccccc2)cc1)N1CCC[C@@H](c2nc(-c3ccc(F)cc3)no2)C1. The standard InChI is InChI=1S/C26H22FN3O2/c27-23-14-12-20(13-15-23)24-28-25(32-29-24)22-7-4-16-30(17-22)26(31)21-10-8-19(9-11-21)18-5-2-1-3-6-18/h1-3,5-6,8-15,22H,4,7,16-17H2/t22-/m1/s1. The number of nitrogens with zero attached hydrogens (tertiary/aromatic N) is 3. The van der Waals surface area contributed by atoms with Gasteiger partial charge in [0.2, 0.25) is 11.7 Å². The second-order valence-corrected chi connectivity index (χ2v) is 8.00. The van der Waals surface area contributed by atoms with Crippen LogP contribution in [0.5, 0.6) is 0 Å². The molecule has 1 amide bonds. The molecule has 4 aromatic rings. The molecule has 5 nitrogen and oxygen atoms in total. The molecule has 1 fully saturated rings. The van der Waals surface area contributed by atoms with Gasteiger partial charge in [0.15, 0.2) is 0 Å². The lowest BCUT2D eigenvalue weighted by atomic mass is 9.97. The van der Waals surface area contributed by atoms with Crippen LogP contribution in [-0.4, -0.2) is 34.0 Å². The van der Waals surface area contributed by atoms with E-state index in [0.717, 1.165) is 24.0 Å². The minimum atomic E-state index is -0.310. The van der Waals surface area contributed by atoms with Crippen molar-refractivity contribution in [1.82, 2.24) is 15.0 Å². The molecule has 1 atom stereocenters. The molecule has 0 saturated carbocycles. The second-order valence-electron chi connectivity index (χ2n) is 8.00. The number of aromatic nitrogens is 2. The van der Waals surface area contributed by atoms with Crippen LogP contribution in [0.15, 0.2) is 83.4 Å². The molecule has 0 N–H and O–H groups in total. The largest absolute Gasteiger partial charge is 0.339 e. The van der Waals surface area contributed by atoms with E-state index >= 15 is 0 Å². The molecule has 160 valence electrons. The predicted molar refractivity (Wildman–Crippen MR) is 119 cm³/mol. The highest BCUT2D eigenvalue weighted by atomic mass is 19.1. The Morgan fingerprint density at radius 1 is 0.906 bits per heavy atom. The average molecular weight is 427 g/mol. The van der Waals surface area contributed by atoms with Crippen molar-refractivity contribution >= 4 is 5.91 Å². The van der Waals surface area contributed by atoms with E-state index in [-0.39, 0.29) is 17.6 Å². The Balaban J connectivity index is 1.29. The Bertz CT molecular complexity index is 1200. The highest BCUT2D eigenvalue weighted by Gasteiger charge is 2.29. The van der Waals surface area contributed by atoms with E-state index in [9.17, 15) is 9.18 Å². The molecular weight excluding hydrogens is 405 g/mol. The third-order valence-corrected chi connectivity index (χ3v) is 5.84. The zero-order valence-electron chi connectivity index (χ0n) is 17.4. The third kappa shape index (κ3) is 4.17. The predicted octanol–water partition coefficient (Wildman–Crippen LogP) is 5.56. The number of carbonyl (C=O) groups excluding carboxylic acids is 1. The summed E-state index contributed by atoms with van der Waals surface area (Å²) in [5, 5.41) is 4.05. The summed E-state index contributed by atoms with van der Waals surface area (Å²) in [6.07, 6.45) is 1.74. The van der Waals surface area contributed by atoms with Gasteiger partial charge in [-0.15, -0.1) is 0 Å². The van der Waals surface area contributed by atoms with E-state index in [4.69, 9.17) is 4.52 Å². The van der Waals surface area contributed by atoms with Crippen molar-refractivity contribution < 1.29 is 13.7 Å². The highest BCUT2D eigenvalue weighted by Crippen LogP contribution is 2.29. The minimum Gasteiger partial charge on any atom is -0.339 e. The van der Waals surface area contributed by atoms with Crippen molar-refractivity contribution in [3.63, 3.8) is 0 Å². The molecule has 0 aliphatic carbocycles. The Morgan fingerprint density at radius 2 is 1.59 bits per heavy atom. The van der Waals surface area contributed by atoms with Gasteiger partial charge in [-0.3, -0.25) is 4.79 Å². The van der Waals surface area contributed by atoms with E-state index in [2.05, 4.69) is 22.3 Å². The number of amides is 1. The zero-order valence-corrected chi connectivity index (χ0v) is 17.4. The summed E-state index contributed by atoms with van der Waals surface area (Å²) >= 11 is 0. The molecule has 0 bridgehead atoms. The van der Waals surface area contributed by atoms with Crippen molar-refractivity contribution in [3.8, 4) is 22.5 Å². The van der Waals surface area contributed by atoms with Crippen LogP contribution in [-0.2, 0) is 0 Å². The fourth-order valence-corrected chi connectivity index (χ4v) is 4.10. The first-order valence-corrected chi connectivity index (χ1v) is 10.7. The van der Waals surface area contributed by atoms with Gasteiger partial charge in [-0.25, -0.2) is 4.39 Å². The summed E-state index contributed by atoms with van der Waals surface area (Å²) in [5.41, 5.74) is 3.57. The summed E-state index contributed by atoms with van der Waals surface area (Å²) in [6, 6.07) is 23.8. The molecule has 1 aliphatic heterocycles. The molecule has 1 saturated heterocycles. The first-order valence-electron chi connectivity index (χ1n) is 10.7. The van der Waals surface area contributed by atoms with E-state index < -0.39 is 0 Å². The molecule has 0 unspecified atom stereocenters. The molecule has 2 heterocycles. The fourth-order valence-electron chi connectivity index (χ4n) is 4.10. The first-order chi connectivity index (χ1) is 15.7. The maximum Gasteiger partial charge on any atom is 0.253 e. The van der Waals surface area contributed by atoms with E-state index in [1.165, 1.54) is 12.1 Å². The maximum atomic E-state index is 13.2. The van der Waals surface area contributed by atoms with Gasteiger partial charge in [-0.2, -0.15) is 4.98 Å². The van der Waals surface area contributed by atoms with Crippen LogP contribution in [0.3, 0.4) is 0 Å². The van der Waals surface area contributed by atoms with Gasteiger partial charge in [0.05, 0.1) is 5.92 Å². The molecule has 3 aromatic carbocycles. The average Bonchev–Trinajstić information content (AvgIpc) is 3.35. The monoisotopic (exact) mass is 427 g/mol. The van der Waals surface area contributed by atoms with Crippen LogP contribution in [0.25, 0.3) is 22.5 Å². The van der Waals surface area contributed by atoms with Crippen molar-refractivity contribution in [2.45, 2.75) is 18.8 Å². The zero-order chi connectivity index (χ0) is 21.9. The Labute approximate surface area is 185 Å². The number of piperidine rings is 1. The normalized spacial score (nSPS) is 16.2. The Morgan fingerprint density at radius 3 is 2.34 bits per heavy atom. The number of halogens is 1. The van der Waals surface area contributed by atoms with E-state index in [0.29, 0.717) is 35.9 Å². The van der Waals surface area contributed by atoms with Gasteiger partial charge in [-0.05, 0) is 60.4 Å². The first kappa shape index (κ1) is 20.1. The van der Waals surface area contributed by atoms with Crippen LogP contribution < -0.4 is 0 Å². The lowest BCUT2D eigenvalue weighted by Crippen LogP contribution is -2.39. The second kappa shape index (κ2) is 8.75. The molecule has 1 aliphatic rings. The summed E-state index contributed by atoms with van der Waals surface area (Å²) in [6.45, 7) is 1.24.